The summed E-state index contributed by atoms with van der Waals surface area (Å²) in [6.45, 7) is -0.285. The van der Waals surface area contributed by atoms with Gasteiger partial charge in [0.25, 0.3) is 0 Å². The Kier molecular flexibility index (Phi) is 3.67. The van der Waals surface area contributed by atoms with Gasteiger partial charge in [-0.3, -0.25) is 4.79 Å². The van der Waals surface area contributed by atoms with Crippen LogP contribution in [0, 0.1) is 11.6 Å². The fourth-order valence-electron chi connectivity index (χ4n) is 1.46. The van der Waals surface area contributed by atoms with Crippen molar-refractivity contribution in [1.82, 2.24) is 0 Å². The fraction of sp³-hybridized carbons (Fsp3) is 0.0714. The molecule has 0 radical (unpaired) electrons. The van der Waals surface area contributed by atoms with E-state index in [0.717, 1.165) is 12.1 Å². The van der Waals surface area contributed by atoms with Crippen LogP contribution in [0.3, 0.4) is 0 Å². The first kappa shape index (κ1) is 12.2. The van der Waals surface area contributed by atoms with Crippen molar-refractivity contribution in [2.45, 2.75) is 0 Å². The van der Waals surface area contributed by atoms with Crippen LogP contribution in [-0.4, -0.2) is 12.4 Å². The summed E-state index contributed by atoms with van der Waals surface area (Å²) in [4.78, 5) is 11.7. The van der Waals surface area contributed by atoms with Crippen LogP contribution >= 0.6 is 0 Å². The summed E-state index contributed by atoms with van der Waals surface area (Å²) in [5.74, 6) is -1.60. The van der Waals surface area contributed by atoms with Gasteiger partial charge in [0.1, 0.15) is 17.4 Å². The molecule has 0 saturated carbocycles. The third-order valence-corrected chi connectivity index (χ3v) is 2.34. The Morgan fingerprint density at radius 3 is 2.44 bits per heavy atom. The van der Waals surface area contributed by atoms with Crippen LogP contribution in [-0.2, 0) is 0 Å². The third-order valence-electron chi connectivity index (χ3n) is 2.34. The van der Waals surface area contributed by atoms with Gasteiger partial charge in [0.2, 0.25) is 5.78 Å². The molecular formula is C14H10F2O2. The molecule has 0 aromatic heterocycles. The highest BCUT2D eigenvalue weighted by Crippen LogP contribution is 2.12. The van der Waals surface area contributed by atoms with Crippen molar-refractivity contribution < 1.29 is 18.3 Å². The van der Waals surface area contributed by atoms with Crippen LogP contribution in [0.1, 0.15) is 10.4 Å². The Morgan fingerprint density at radius 2 is 1.78 bits per heavy atom. The van der Waals surface area contributed by atoms with Gasteiger partial charge in [-0.2, -0.15) is 0 Å². The molecule has 0 heterocycles. The van der Waals surface area contributed by atoms with E-state index in [4.69, 9.17) is 4.74 Å². The van der Waals surface area contributed by atoms with E-state index in [1.807, 2.05) is 6.07 Å². The molecule has 92 valence electrons. The van der Waals surface area contributed by atoms with Gasteiger partial charge in [-0.15, -0.1) is 0 Å². The van der Waals surface area contributed by atoms with Crippen molar-refractivity contribution in [2.75, 3.05) is 6.61 Å². The van der Waals surface area contributed by atoms with E-state index >= 15 is 0 Å². The molecule has 4 heteroatoms. The molecule has 0 aliphatic rings. The molecule has 0 aliphatic carbocycles. The highest BCUT2D eigenvalue weighted by Gasteiger charge is 2.13. The van der Waals surface area contributed by atoms with Gasteiger partial charge in [0.15, 0.2) is 6.61 Å². The minimum atomic E-state index is -0.878. The number of carbonyl (C=O) groups excluding carboxylic acids is 1. The van der Waals surface area contributed by atoms with Crippen molar-refractivity contribution in [3.8, 4) is 5.75 Å². The minimum absolute atomic E-state index is 0.174. The number of rotatable bonds is 4. The van der Waals surface area contributed by atoms with Crippen molar-refractivity contribution >= 4 is 5.78 Å². The minimum Gasteiger partial charge on any atom is -0.485 e. The maximum atomic E-state index is 13.3. The van der Waals surface area contributed by atoms with E-state index in [1.54, 1.807) is 24.3 Å². The average Bonchev–Trinajstić information content (AvgIpc) is 2.37. The summed E-state index contributed by atoms with van der Waals surface area (Å²) in [6.07, 6.45) is 0. The summed E-state index contributed by atoms with van der Waals surface area (Å²) >= 11 is 0. The van der Waals surface area contributed by atoms with E-state index in [2.05, 4.69) is 0 Å². The average molecular weight is 248 g/mol. The molecule has 0 saturated heterocycles. The quantitative estimate of drug-likeness (QED) is 0.776. The van der Waals surface area contributed by atoms with E-state index in [-0.39, 0.29) is 12.2 Å². The number of halogens is 2. The van der Waals surface area contributed by atoms with Gasteiger partial charge in [0, 0.05) is 6.07 Å². The second-order valence-electron chi connectivity index (χ2n) is 3.65. The first-order chi connectivity index (χ1) is 8.66. The number of hydrogen-bond acceptors (Lipinski definition) is 2. The van der Waals surface area contributed by atoms with E-state index in [9.17, 15) is 13.6 Å². The van der Waals surface area contributed by atoms with Crippen molar-refractivity contribution in [3.63, 3.8) is 0 Å². The van der Waals surface area contributed by atoms with Crippen LogP contribution in [0.2, 0.25) is 0 Å². The van der Waals surface area contributed by atoms with Gasteiger partial charge < -0.3 is 4.74 Å². The van der Waals surface area contributed by atoms with Gasteiger partial charge in [-0.05, 0) is 24.3 Å². The standard InChI is InChI=1S/C14H10F2O2/c15-10-6-7-12(13(16)8-10)14(17)9-18-11-4-2-1-3-5-11/h1-8H,9H2. The third kappa shape index (κ3) is 2.91. The molecule has 0 atom stereocenters. The fourth-order valence-corrected chi connectivity index (χ4v) is 1.46. The van der Waals surface area contributed by atoms with Gasteiger partial charge in [-0.1, -0.05) is 18.2 Å². The summed E-state index contributed by atoms with van der Waals surface area (Å²) in [5, 5.41) is 0. The molecule has 0 N–H and O–H groups in total. The summed E-state index contributed by atoms with van der Waals surface area (Å²) < 4.78 is 31.2. The Bertz CT molecular complexity index is 553. The monoisotopic (exact) mass is 248 g/mol. The molecular weight excluding hydrogens is 238 g/mol. The summed E-state index contributed by atoms with van der Waals surface area (Å²) in [5.41, 5.74) is -0.174. The van der Waals surface area contributed by atoms with Crippen molar-refractivity contribution in [2.24, 2.45) is 0 Å². The molecule has 0 fully saturated rings. The molecule has 0 amide bonds. The molecule has 2 aromatic carbocycles. The Morgan fingerprint density at radius 1 is 1.06 bits per heavy atom. The van der Waals surface area contributed by atoms with Crippen LogP contribution in [0.25, 0.3) is 0 Å². The zero-order valence-corrected chi connectivity index (χ0v) is 9.40. The number of ether oxygens (including phenoxy) is 1. The van der Waals surface area contributed by atoms with E-state index in [0.29, 0.717) is 11.8 Å². The second-order valence-corrected chi connectivity index (χ2v) is 3.65. The number of Topliss-reactive ketones (excluding diaryl/α,β-unsaturated/α-hetero) is 1. The number of para-hydroxylation sites is 1. The van der Waals surface area contributed by atoms with Gasteiger partial charge in [0.05, 0.1) is 5.56 Å². The second kappa shape index (κ2) is 5.40. The van der Waals surface area contributed by atoms with Crippen molar-refractivity contribution in [1.29, 1.82) is 0 Å². The highest BCUT2D eigenvalue weighted by molar-refractivity contribution is 5.97. The zero-order chi connectivity index (χ0) is 13.0. The Hall–Kier alpha value is -2.23. The van der Waals surface area contributed by atoms with E-state index in [1.165, 1.54) is 0 Å². The molecule has 2 rings (SSSR count). The van der Waals surface area contributed by atoms with Gasteiger partial charge >= 0.3 is 0 Å². The summed E-state index contributed by atoms with van der Waals surface area (Å²) in [6, 6.07) is 11.5. The molecule has 0 spiro atoms. The number of hydrogen-bond donors (Lipinski definition) is 0. The topological polar surface area (TPSA) is 26.3 Å². The lowest BCUT2D eigenvalue weighted by Crippen LogP contribution is -2.13. The number of benzene rings is 2. The maximum Gasteiger partial charge on any atom is 0.203 e. The predicted molar refractivity (Wildman–Crippen MR) is 62.6 cm³/mol. The van der Waals surface area contributed by atoms with Crippen LogP contribution in [0.4, 0.5) is 8.78 Å². The van der Waals surface area contributed by atoms with Gasteiger partial charge in [-0.25, -0.2) is 8.78 Å². The van der Waals surface area contributed by atoms with Crippen LogP contribution in [0.15, 0.2) is 48.5 Å². The lowest BCUT2D eigenvalue weighted by Gasteiger charge is -2.05. The number of carbonyl (C=O) groups is 1. The number of ketones is 1. The largest absolute Gasteiger partial charge is 0.485 e. The summed E-state index contributed by atoms with van der Waals surface area (Å²) in [7, 11) is 0. The lowest BCUT2D eigenvalue weighted by molar-refractivity contribution is 0.0917. The zero-order valence-electron chi connectivity index (χ0n) is 9.40. The highest BCUT2D eigenvalue weighted by atomic mass is 19.1. The molecule has 2 aromatic rings. The maximum absolute atomic E-state index is 13.3. The Labute approximate surface area is 103 Å². The van der Waals surface area contributed by atoms with E-state index < -0.39 is 17.4 Å². The lowest BCUT2D eigenvalue weighted by atomic mass is 10.1. The molecule has 0 aliphatic heterocycles. The molecule has 0 unspecified atom stereocenters. The molecule has 0 bridgehead atoms. The smallest absolute Gasteiger partial charge is 0.203 e. The predicted octanol–water partition coefficient (Wildman–Crippen LogP) is 3.23. The first-order valence-electron chi connectivity index (χ1n) is 5.33. The normalized spacial score (nSPS) is 10.1. The first-order valence-corrected chi connectivity index (χ1v) is 5.33. The SMILES string of the molecule is O=C(COc1ccccc1)c1ccc(F)cc1F. The molecule has 18 heavy (non-hydrogen) atoms. The van der Waals surface area contributed by atoms with Crippen LogP contribution in [0.5, 0.6) is 5.75 Å². The van der Waals surface area contributed by atoms with Crippen LogP contribution < -0.4 is 4.74 Å². The molecule has 2 nitrogen and oxygen atoms in total. The Balaban J connectivity index is 2.04. The van der Waals surface area contributed by atoms with Crippen molar-refractivity contribution in [3.05, 3.63) is 65.7 Å².